The lowest BCUT2D eigenvalue weighted by atomic mass is 10.2. The van der Waals surface area contributed by atoms with Gasteiger partial charge in [0.15, 0.2) is 5.16 Å². The van der Waals surface area contributed by atoms with E-state index >= 15 is 0 Å². The maximum Gasteiger partial charge on any atom is 0.234 e. The van der Waals surface area contributed by atoms with Crippen LogP contribution < -0.4 is 10.1 Å². The Labute approximate surface area is 178 Å². The van der Waals surface area contributed by atoms with Crippen molar-refractivity contribution in [1.29, 1.82) is 0 Å². The third-order valence-electron chi connectivity index (χ3n) is 4.32. The van der Waals surface area contributed by atoms with Gasteiger partial charge in [-0.15, -0.1) is 0 Å². The summed E-state index contributed by atoms with van der Waals surface area (Å²) in [6.07, 6.45) is 1.76. The topological polar surface area (TPSA) is 92.8 Å². The molecule has 1 amide bonds. The smallest absolute Gasteiger partial charge is 0.234 e. The van der Waals surface area contributed by atoms with Gasteiger partial charge in [-0.05, 0) is 55.8 Å². The van der Waals surface area contributed by atoms with Gasteiger partial charge in [-0.3, -0.25) is 9.89 Å². The van der Waals surface area contributed by atoms with Crippen LogP contribution in [-0.4, -0.2) is 31.8 Å². The lowest BCUT2D eigenvalue weighted by molar-refractivity contribution is -0.113. The second kappa shape index (κ2) is 8.96. The summed E-state index contributed by atoms with van der Waals surface area (Å²) in [6, 6.07) is 15.3. The maximum absolute atomic E-state index is 12.3. The fourth-order valence-electron chi connectivity index (χ4n) is 3.00. The summed E-state index contributed by atoms with van der Waals surface area (Å²) in [5.74, 6) is 0.906. The van der Waals surface area contributed by atoms with Crippen LogP contribution in [0.2, 0.25) is 0 Å². The number of fused-ring (bicyclic) bond motifs is 1. The normalized spacial score (nSPS) is 10.9. The van der Waals surface area contributed by atoms with Gasteiger partial charge in [-0.2, -0.15) is 5.10 Å². The Morgan fingerprint density at radius 2 is 1.93 bits per heavy atom. The summed E-state index contributed by atoms with van der Waals surface area (Å²) >= 11 is 1.32. The van der Waals surface area contributed by atoms with Gasteiger partial charge >= 0.3 is 0 Å². The lowest BCUT2D eigenvalue weighted by Crippen LogP contribution is -2.14. The Kier molecular flexibility index (Phi) is 5.94. The van der Waals surface area contributed by atoms with Crippen molar-refractivity contribution in [2.24, 2.45) is 0 Å². The highest BCUT2D eigenvalue weighted by Crippen LogP contribution is 2.21. The predicted molar refractivity (Wildman–Crippen MR) is 118 cm³/mol. The first-order valence-electron chi connectivity index (χ1n) is 9.45. The molecule has 0 aliphatic heterocycles. The monoisotopic (exact) mass is 419 g/mol. The molecule has 0 radical (unpaired) electrons. The predicted octanol–water partition coefficient (Wildman–Crippen LogP) is 4.28. The molecule has 2 heterocycles. The van der Waals surface area contributed by atoms with Gasteiger partial charge in [-0.1, -0.05) is 23.9 Å². The van der Waals surface area contributed by atoms with Gasteiger partial charge in [0.2, 0.25) is 5.91 Å². The van der Waals surface area contributed by atoms with Crippen LogP contribution in [-0.2, 0) is 11.4 Å². The number of hydrogen-bond donors (Lipinski definition) is 2. The standard InChI is InChI=1S/C22H21N5O2S/c1-14-8-15(2)25-22(24-14)30-13-21(28)26-18-5-3-4-16(9-18)12-29-19-6-7-20-17(10-19)11-23-27-20/h3-11H,12-13H2,1-2H3,(H,23,27)(H,26,28). The molecule has 152 valence electrons. The number of carbonyl (C=O) groups is 1. The molecule has 8 heteroatoms. The van der Waals surface area contributed by atoms with Crippen LogP contribution in [0.4, 0.5) is 5.69 Å². The average Bonchev–Trinajstić information content (AvgIpc) is 3.18. The number of hydrogen-bond acceptors (Lipinski definition) is 6. The molecule has 0 bridgehead atoms. The van der Waals surface area contributed by atoms with Crippen molar-refractivity contribution >= 4 is 34.3 Å². The number of benzene rings is 2. The molecule has 30 heavy (non-hydrogen) atoms. The first kappa shape index (κ1) is 19.9. The fraction of sp³-hybridized carbons (Fsp3) is 0.182. The maximum atomic E-state index is 12.3. The minimum absolute atomic E-state index is 0.105. The molecule has 0 spiro atoms. The number of anilines is 1. The molecule has 0 saturated carbocycles. The molecule has 0 aliphatic rings. The molecule has 4 rings (SSSR count). The minimum atomic E-state index is -0.105. The van der Waals surface area contributed by atoms with Gasteiger partial charge in [0.25, 0.3) is 0 Å². The molecule has 7 nitrogen and oxygen atoms in total. The van der Waals surface area contributed by atoms with E-state index in [1.165, 1.54) is 11.8 Å². The zero-order valence-electron chi connectivity index (χ0n) is 16.7. The number of thioether (sulfide) groups is 1. The Morgan fingerprint density at radius 1 is 1.10 bits per heavy atom. The van der Waals surface area contributed by atoms with E-state index in [2.05, 4.69) is 25.5 Å². The fourth-order valence-corrected chi connectivity index (χ4v) is 3.75. The number of H-pyrrole nitrogens is 1. The van der Waals surface area contributed by atoms with Crippen LogP contribution in [0.3, 0.4) is 0 Å². The molecule has 0 aliphatic carbocycles. The van der Waals surface area contributed by atoms with Gasteiger partial charge in [0.05, 0.1) is 17.5 Å². The zero-order chi connectivity index (χ0) is 20.9. The van der Waals surface area contributed by atoms with Gasteiger partial charge in [0.1, 0.15) is 12.4 Å². The Hall–Kier alpha value is -3.39. The van der Waals surface area contributed by atoms with Crippen LogP contribution in [0.25, 0.3) is 10.9 Å². The third-order valence-corrected chi connectivity index (χ3v) is 5.17. The number of aryl methyl sites for hydroxylation is 2. The van der Waals surface area contributed by atoms with Crippen LogP contribution >= 0.6 is 11.8 Å². The molecule has 2 N–H and O–H groups in total. The molecular formula is C22H21N5O2S. The molecule has 0 atom stereocenters. The molecular weight excluding hydrogens is 398 g/mol. The van der Waals surface area contributed by atoms with E-state index in [-0.39, 0.29) is 11.7 Å². The van der Waals surface area contributed by atoms with E-state index in [1.54, 1.807) is 6.20 Å². The number of amides is 1. The van der Waals surface area contributed by atoms with E-state index in [0.29, 0.717) is 11.8 Å². The SMILES string of the molecule is Cc1cc(C)nc(SCC(=O)Nc2cccc(COc3ccc4[nH]ncc4c3)c2)n1. The Balaban J connectivity index is 1.32. The number of rotatable bonds is 7. The quantitative estimate of drug-likeness (QED) is 0.343. The summed E-state index contributed by atoms with van der Waals surface area (Å²) < 4.78 is 5.88. The average molecular weight is 420 g/mol. The molecule has 4 aromatic rings. The number of nitrogens with zero attached hydrogens (tertiary/aromatic N) is 3. The molecule has 0 unspecified atom stereocenters. The molecule has 0 fully saturated rings. The van der Waals surface area contributed by atoms with Crippen LogP contribution in [0.15, 0.2) is 59.9 Å². The van der Waals surface area contributed by atoms with Gasteiger partial charge in [0, 0.05) is 22.5 Å². The zero-order valence-corrected chi connectivity index (χ0v) is 17.5. The van der Waals surface area contributed by atoms with Crippen molar-refractivity contribution in [2.45, 2.75) is 25.6 Å². The lowest BCUT2D eigenvalue weighted by Gasteiger charge is -2.09. The van der Waals surface area contributed by atoms with Crippen molar-refractivity contribution in [3.05, 3.63) is 71.7 Å². The summed E-state index contributed by atoms with van der Waals surface area (Å²) in [7, 11) is 0. The van der Waals surface area contributed by atoms with Crippen molar-refractivity contribution in [2.75, 3.05) is 11.1 Å². The first-order chi connectivity index (χ1) is 14.5. The van der Waals surface area contributed by atoms with Gasteiger partial charge in [-0.25, -0.2) is 9.97 Å². The van der Waals surface area contributed by atoms with Crippen molar-refractivity contribution in [3.8, 4) is 5.75 Å². The Morgan fingerprint density at radius 3 is 2.77 bits per heavy atom. The molecule has 2 aromatic carbocycles. The third kappa shape index (κ3) is 5.15. The number of nitrogens with one attached hydrogen (secondary N) is 2. The van der Waals surface area contributed by atoms with Crippen molar-refractivity contribution < 1.29 is 9.53 Å². The first-order valence-corrected chi connectivity index (χ1v) is 10.4. The van der Waals surface area contributed by atoms with Crippen LogP contribution in [0, 0.1) is 13.8 Å². The summed E-state index contributed by atoms with van der Waals surface area (Å²) in [6.45, 7) is 4.23. The molecule has 2 aromatic heterocycles. The van der Waals surface area contributed by atoms with Crippen molar-refractivity contribution in [3.63, 3.8) is 0 Å². The van der Waals surface area contributed by atoms with E-state index in [0.717, 1.165) is 39.3 Å². The number of carbonyl (C=O) groups excluding carboxylic acids is 1. The Bertz CT molecular complexity index is 1170. The van der Waals surface area contributed by atoms with E-state index in [4.69, 9.17) is 4.74 Å². The van der Waals surface area contributed by atoms with Crippen molar-refractivity contribution in [1.82, 2.24) is 20.2 Å². The highest BCUT2D eigenvalue weighted by Gasteiger charge is 2.08. The van der Waals surface area contributed by atoms with E-state index < -0.39 is 0 Å². The van der Waals surface area contributed by atoms with E-state index in [1.807, 2.05) is 62.4 Å². The number of ether oxygens (including phenoxy) is 1. The van der Waals surface area contributed by atoms with Crippen LogP contribution in [0.1, 0.15) is 17.0 Å². The van der Waals surface area contributed by atoms with Gasteiger partial charge < -0.3 is 10.1 Å². The second-order valence-corrected chi connectivity index (χ2v) is 7.82. The molecule has 0 saturated heterocycles. The number of aromatic nitrogens is 4. The second-order valence-electron chi connectivity index (χ2n) is 6.88. The number of aromatic amines is 1. The summed E-state index contributed by atoms with van der Waals surface area (Å²) in [5.41, 5.74) is 4.45. The minimum Gasteiger partial charge on any atom is -0.489 e. The summed E-state index contributed by atoms with van der Waals surface area (Å²) in [4.78, 5) is 21.0. The van der Waals surface area contributed by atoms with Crippen LogP contribution in [0.5, 0.6) is 5.75 Å². The highest BCUT2D eigenvalue weighted by molar-refractivity contribution is 7.99. The van der Waals surface area contributed by atoms with E-state index in [9.17, 15) is 4.79 Å². The largest absolute Gasteiger partial charge is 0.489 e. The summed E-state index contributed by atoms with van der Waals surface area (Å²) in [5, 5.41) is 11.5. The highest BCUT2D eigenvalue weighted by atomic mass is 32.2.